The number of carbonyl (C=O) groups is 1. The molecular formula is C19H22O2. The van der Waals surface area contributed by atoms with E-state index in [2.05, 4.69) is 26.0 Å². The Morgan fingerprint density at radius 3 is 2.38 bits per heavy atom. The van der Waals surface area contributed by atoms with Crippen molar-refractivity contribution in [2.75, 3.05) is 6.61 Å². The molecule has 0 fully saturated rings. The van der Waals surface area contributed by atoms with Crippen LogP contribution in [0, 0.1) is 13.8 Å². The lowest BCUT2D eigenvalue weighted by Gasteiger charge is -2.16. The standard InChI is InChI=1S/C19H22O2/c1-4-21-19(17-8-6-5-7-9-17)18(20)13-16-11-10-14(2)15(3)12-16/h5-12,19H,4,13H2,1-3H3. The third kappa shape index (κ3) is 4.02. The van der Waals surface area contributed by atoms with Gasteiger partial charge in [-0.1, -0.05) is 48.5 Å². The molecule has 2 nitrogen and oxygen atoms in total. The molecule has 0 saturated heterocycles. The van der Waals surface area contributed by atoms with Crippen molar-refractivity contribution in [2.24, 2.45) is 0 Å². The van der Waals surface area contributed by atoms with Gasteiger partial charge in [0.25, 0.3) is 0 Å². The number of Topliss-reactive ketones (excluding diaryl/α,β-unsaturated/α-hetero) is 1. The van der Waals surface area contributed by atoms with Gasteiger partial charge < -0.3 is 4.74 Å². The molecule has 0 bridgehead atoms. The average molecular weight is 282 g/mol. The molecule has 1 atom stereocenters. The van der Waals surface area contributed by atoms with E-state index in [9.17, 15) is 4.79 Å². The van der Waals surface area contributed by atoms with Crippen molar-refractivity contribution in [1.29, 1.82) is 0 Å². The first kappa shape index (κ1) is 15.5. The summed E-state index contributed by atoms with van der Waals surface area (Å²) in [6, 6.07) is 15.9. The van der Waals surface area contributed by atoms with Gasteiger partial charge in [0.1, 0.15) is 6.10 Å². The van der Waals surface area contributed by atoms with E-state index in [4.69, 9.17) is 4.74 Å². The molecule has 0 aromatic heterocycles. The highest BCUT2D eigenvalue weighted by Gasteiger charge is 2.20. The second kappa shape index (κ2) is 7.19. The van der Waals surface area contributed by atoms with Crippen molar-refractivity contribution in [3.63, 3.8) is 0 Å². The van der Waals surface area contributed by atoms with Crippen LogP contribution in [-0.4, -0.2) is 12.4 Å². The first-order chi connectivity index (χ1) is 10.1. The SMILES string of the molecule is CCOC(C(=O)Cc1ccc(C)c(C)c1)c1ccccc1. The Morgan fingerprint density at radius 2 is 1.76 bits per heavy atom. The lowest BCUT2D eigenvalue weighted by Crippen LogP contribution is -2.18. The van der Waals surface area contributed by atoms with Crippen LogP contribution in [0.1, 0.15) is 35.3 Å². The van der Waals surface area contributed by atoms with Gasteiger partial charge in [-0.3, -0.25) is 4.79 Å². The summed E-state index contributed by atoms with van der Waals surface area (Å²) in [5, 5.41) is 0. The largest absolute Gasteiger partial charge is 0.366 e. The van der Waals surface area contributed by atoms with Gasteiger partial charge in [0.15, 0.2) is 5.78 Å². The van der Waals surface area contributed by atoms with Crippen molar-refractivity contribution in [3.05, 3.63) is 70.8 Å². The predicted octanol–water partition coefficient (Wildman–Crippen LogP) is 4.19. The van der Waals surface area contributed by atoms with Crippen molar-refractivity contribution >= 4 is 5.78 Å². The van der Waals surface area contributed by atoms with Crippen LogP contribution in [0.2, 0.25) is 0 Å². The number of ether oxygens (including phenoxy) is 1. The Hall–Kier alpha value is -1.93. The predicted molar refractivity (Wildman–Crippen MR) is 85.4 cm³/mol. The van der Waals surface area contributed by atoms with Crippen LogP contribution in [0.15, 0.2) is 48.5 Å². The van der Waals surface area contributed by atoms with Crippen LogP contribution in [-0.2, 0) is 16.0 Å². The number of benzene rings is 2. The molecule has 0 N–H and O–H groups in total. The minimum Gasteiger partial charge on any atom is -0.366 e. The molecule has 0 amide bonds. The minimum absolute atomic E-state index is 0.103. The molecule has 2 aromatic rings. The molecule has 2 heteroatoms. The van der Waals surface area contributed by atoms with Gasteiger partial charge in [-0.05, 0) is 43.0 Å². The number of hydrogen-bond donors (Lipinski definition) is 0. The Kier molecular flexibility index (Phi) is 5.29. The quantitative estimate of drug-likeness (QED) is 0.794. The number of rotatable bonds is 6. The Balaban J connectivity index is 2.17. The summed E-state index contributed by atoms with van der Waals surface area (Å²) in [6.45, 7) is 6.59. The number of hydrogen-bond acceptors (Lipinski definition) is 2. The summed E-state index contributed by atoms with van der Waals surface area (Å²) < 4.78 is 5.67. The topological polar surface area (TPSA) is 26.3 Å². The summed E-state index contributed by atoms with van der Waals surface area (Å²) in [6.07, 6.45) is -0.0708. The van der Waals surface area contributed by atoms with Gasteiger partial charge >= 0.3 is 0 Å². The zero-order chi connectivity index (χ0) is 15.2. The Labute approximate surface area is 126 Å². The third-order valence-electron chi connectivity index (χ3n) is 3.68. The fourth-order valence-corrected chi connectivity index (χ4v) is 2.38. The van der Waals surface area contributed by atoms with Gasteiger partial charge in [0.05, 0.1) is 0 Å². The summed E-state index contributed by atoms with van der Waals surface area (Å²) in [7, 11) is 0. The third-order valence-corrected chi connectivity index (χ3v) is 3.68. The zero-order valence-corrected chi connectivity index (χ0v) is 12.9. The highest BCUT2D eigenvalue weighted by atomic mass is 16.5. The van der Waals surface area contributed by atoms with Crippen molar-refractivity contribution in [1.82, 2.24) is 0 Å². The lowest BCUT2D eigenvalue weighted by molar-refractivity contribution is -0.130. The van der Waals surface area contributed by atoms with E-state index in [1.54, 1.807) is 0 Å². The molecular weight excluding hydrogens is 260 g/mol. The summed E-state index contributed by atoms with van der Waals surface area (Å²) in [4.78, 5) is 12.6. The van der Waals surface area contributed by atoms with E-state index in [1.165, 1.54) is 11.1 Å². The maximum atomic E-state index is 12.6. The smallest absolute Gasteiger partial charge is 0.170 e. The van der Waals surface area contributed by atoms with E-state index in [1.807, 2.05) is 43.3 Å². The molecule has 1 unspecified atom stereocenters. The highest BCUT2D eigenvalue weighted by molar-refractivity contribution is 5.86. The monoisotopic (exact) mass is 282 g/mol. The highest BCUT2D eigenvalue weighted by Crippen LogP contribution is 2.21. The maximum absolute atomic E-state index is 12.6. The molecule has 110 valence electrons. The molecule has 0 radical (unpaired) electrons. The van der Waals surface area contributed by atoms with Gasteiger partial charge in [0.2, 0.25) is 0 Å². The molecule has 0 spiro atoms. The van der Waals surface area contributed by atoms with Gasteiger partial charge in [-0.15, -0.1) is 0 Å². The van der Waals surface area contributed by atoms with Crippen LogP contribution in [0.4, 0.5) is 0 Å². The molecule has 0 aliphatic heterocycles. The summed E-state index contributed by atoms with van der Waals surface area (Å²) >= 11 is 0. The van der Waals surface area contributed by atoms with Crippen molar-refractivity contribution in [2.45, 2.75) is 33.3 Å². The fraction of sp³-hybridized carbons (Fsp3) is 0.316. The first-order valence-electron chi connectivity index (χ1n) is 7.37. The Bertz CT molecular complexity index is 602. The lowest BCUT2D eigenvalue weighted by atomic mass is 9.97. The molecule has 2 aromatic carbocycles. The Morgan fingerprint density at radius 1 is 1.05 bits per heavy atom. The molecule has 2 rings (SSSR count). The molecule has 0 aliphatic carbocycles. The molecule has 0 heterocycles. The fourth-order valence-electron chi connectivity index (χ4n) is 2.38. The van der Waals surface area contributed by atoms with E-state index >= 15 is 0 Å². The van der Waals surface area contributed by atoms with E-state index in [0.29, 0.717) is 13.0 Å². The number of carbonyl (C=O) groups excluding carboxylic acids is 1. The molecule has 0 aliphatic rings. The number of ketones is 1. The van der Waals surface area contributed by atoms with Crippen LogP contribution in [0.25, 0.3) is 0 Å². The molecule has 21 heavy (non-hydrogen) atoms. The van der Waals surface area contributed by atoms with Gasteiger partial charge in [-0.2, -0.15) is 0 Å². The minimum atomic E-state index is -0.474. The van der Waals surface area contributed by atoms with Gasteiger partial charge in [-0.25, -0.2) is 0 Å². The van der Waals surface area contributed by atoms with Crippen LogP contribution < -0.4 is 0 Å². The van der Waals surface area contributed by atoms with E-state index < -0.39 is 6.10 Å². The molecule has 0 saturated carbocycles. The second-order valence-corrected chi connectivity index (χ2v) is 5.31. The van der Waals surface area contributed by atoms with Crippen LogP contribution in [0.5, 0.6) is 0 Å². The van der Waals surface area contributed by atoms with E-state index in [-0.39, 0.29) is 5.78 Å². The van der Waals surface area contributed by atoms with Crippen molar-refractivity contribution < 1.29 is 9.53 Å². The zero-order valence-electron chi connectivity index (χ0n) is 12.9. The average Bonchev–Trinajstić information content (AvgIpc) is 2.49. The first-order valence-corrected chi connectivity index (χ1v) is 7.37. The number of aryl methyl sites for hydroxylation is 2. The van der Waals surface area contributed by atoms with Gasteiger partial charge in [0, 0.05) is 13.0 Å². The second-order valence-electron chi connectivity index (χ2n) is 5.31. The van der Waals surface area contributed by atoms with E-state index in [0.717, 1.165) is 11.1 Å². The normalized spacial score (nSPS) is 12.1. The van der Waals surface area contributed by atoms with Crippen molar-refractivity contribution in [3.8, 4) is 0 Å². The van der Waals surface area contributed by atoms with Crippen LogP contribution >= 0.6 is 0 Å². The van der Waals surface area contributed by atoms with Crippen LogP contribution in [0.3, 0.4) is 0 Å². The summed E-state index contributed by atoms with van der Waals surface area (Å²) in [5.74, 6) is 0.103. The summed E-state index contributed by atoms with van der Waals surface area (Å²) in [5.41, 5.74) is 4.43. The maximum Gasteiger partial charge on any atom is 0.170 e.